The maximum atomic E-state index is 11.4. The molecule has 1 amide bonds. The number of hydrogen-bond acceptors (Lipinski definition) is 2. The number of carbonyl (C=O) groups excluding carboxylic acids is 1. The summed E-state index contributed by atoms with van der Waals surface area (Å²) in [5, 5.41) is 0. The summed E-state index contributed by atoms with van der Waals surface area (Å²) in [7, 11) is 0. The molecule has 0 bridgehead atoms. The second-order valence-corrected chi connectivity index (χ2v) is 4.10. The van der Waals surface area contributed by atoms with Crippen molar-refractivity contribution in [2.24, 2.45) is 0 Å². The Kier molecular flexibility index (Phi) is 2.46. The number of carbonyl (C=O) groups is 1. The number of amides is 1. The number of anilines is 1. The molecule has 1 aliphatic rings. The number of ether oxygens (including phenoxy) is 1. The molecular formula is C10H10BrNO2. The van der Waals surface area contributed by atoms with Gasteiger partial charge in [0.15, 0.2) is 0 Å². The monoisotopic (exact) mass is 255 g/mol. The summed E-state index contributed by atoms with van der Waals surface area (Å²) in [4.78, 5) is 13.1. The third-order valence-corrected chi connectivity index (χ3v) is 2.87. The van der Waals surface area contributed by atoms with Crippen molar-refractivity contribution in [1.29, 1.82) is 0 Å². The molecule has 0 N–H and O–H groups in total. The molecule has 1 unspecified atom stereocenters. The van der Waals surface area contributed by atoms with Crippen LogP contribution in [0.15, 0.2) is 28.7 Å². The first-order chi connectivity index (χ1) is 6.70. The molecular weight excluding hydrogens is 246 g/mol. The van der Waals surface area contributed by atoms with Crippen LogP contribution < -0.4 is 4.90 Å². The molecule has 0 aromatic heterocycles. The smallest absolute Gasteiger partial charge is 0.414 e. The van der Waals surface area contributed by atoms with Gasteiger partial charge in [0.25, 0.3) is 0 Å². The van der Waals surface area contributed by atoms with Gasteiger partial charge in [-0.3, -0.25) is 4.90 Å². The van der Waals surface area contributed by atoms with Crippen molar-refractivity contribution in [3.8, 4) is 0 Å². The summed E-state index contributed by atoms with van der Waals surface area (Å²) < 4.78 is 5.86. The van der Waals surface area contributed by atoms with E-state index in [1.165, 1.54) is 0 Å². The number of nitrogens with zero attached hydrogens (tertiary/aromatic N) is 1. The van der Waals surface area contributed by atoms with Gasteiger partial charge in [0.1, 0.15) is 6.61 Å². The average Bonchev–Trinajstić information content (AvgIpc) is 2.48. The van der Waals surface area contributed by atoms with E-state index < -0.39 is 0 Å². The van der Waals surface area contributed by atoms with Gasteiger partial charge in [-0.2, -0.15) is 0 Å². The van der Waals surface area contributed by atoms with E-state index in [1.807, 2.05) is 31.2 Å². The van der Waals surface area contributed by atoms with Crippen LogP contribution in [0.3, 0.4) is 0 Å². The van der Waals surface area contributed by atoms with Crippen LogP contribution in [0.25, 0.3) is 0 Å². The largest absolute Gasteiger partial charge is 0.447 e. The zero-order valence-corrected chi connectivity index (χ0v) is 9.32. The molecule has 0 radical (unpaired) electrons. The predicted octanol–water partition coefficient (Wildman–Crippen LogP) is 2.79. The van der Waals surface area contributed by atoms with Crippen molar-refractivity contribution < 1.29 is 9.53 Å². The third kappa shape index (κ3) is 1.50. The van der Waals surface area contributed by atoms with E-state index in [4.69, 9.17) is 4.74 Å². The summed E-state index contributed by atoms with van der Waals surface area (Å²) >= 11 is 3.41. The molecule has 74 valence electrons. The lowest BCUT2D eigenvalue weighted by Crippen LogP contribution is -2.31. The van der Waals surface area contributed by atoms with Crippen LogP contribution >= 0.6 is 15.9 Å². The fourth-order valence-corrected chi connectivity index (χ4v) is 1.97. The van der Waals surface area contributed by atoms with E-state index in [0.29, 0.717) is 6.61 Å². The first-order valence-electron chi connectivity index (χ1n) is 4.40. The molecule has 1 aliphatic heterocycles. The van der Waals surface area contributed by atoms with Crippen molar-refractivity contribution >= 4 is 27.7 Å². The minimum atomic E-state index is -0.274. The van der Waals surface area contributed by atoms with Crippen LogP contribution in [-0.2, 0) is 4.74 Å². The number of benzene rings is 1. The SMILES string of the molecule is CC1COC(=O)N1c1ccccc1Br. The molecule has 0 aliphatic carbocycles. The van der Waals surface area contributed by atoms with Gasteiger partial charge in [-0.25, -0.2) is 4.79 Å². The van der Waals surface area contributed by atoms with Gasteiger partial charge in [-0.15, -0.1) is 0 Å². The third-order valence-electron chi connectivity index (χ3n) is 2.20. The fraction of sp³-hybridized carbons (Fsp3) is 0.300. The maximum absolute atomic E-state index is 11.4. The summed E-state index contributed by atoms with van der Waals surface area (Å²) in [6.45, 7) is 2.42. The summed E-state index contributed by atoms with van der Waals surface area (Å²) in [5.74, 6) is 0. The first kappa shape index (κ1) is 9.52. The van der Waals surface area contributed by atoms with Gasteiger partial charge < -0.3 is 4.74 Å². The Balaban J connectivity index is 2.39. The molecule has 1 fully saturated rings. The summed E-state index contributed by atoms with van der Waals surface area (Å²) in [5.41, 5.74) is 0.863. The lowest BCUT2D eigenvalue weighted by Gasteiger charge is -2.19. The Hall–Kier alpha value is -1.03. The molecule has 1 aromatic rings. The highest BCUT2D eigenvalue weighted by Crippen LogP contribution is 2.30. The lowest BCUT2D eigenvalue weighted by molar-refractivity contribution is 0.179. The number of rotatable bonds is 1. The van der Waals surface area contributed by atoms with E-state index in [9.17, 15) is 4.79 Å². The van der Waals surface area contributed by atoms with Crippen molar-refractivity contribution in [1.82, 2.24) is 0 Å². The normalized spacial score (nSPS) is 21.1. The van der Waals surface area contributed by atoms with E-state index in [-0.39, 0.29) is 12.1 Å². The van der Waals surface area contributed by atoms with E-state index in [2.05, 4.69) is 15.9 Å². The average molecular weight is 256 g/mol. The molecule has 4 heteroatoms. The fourth-order valence-electron chi connectivity index (χ4n) is 1.50. The minimum absolute atomic E-state index is 0.0983. The van der Waals surface area contributed by atoms with Gasteiger partial charge in [-0.05, 0) is 35.0 Å². The minimum Gasteiger partial charge on any atom is -0.447 e. The Morgan fingerprint density at radius 1 is 1.50 bits per heavy atom. The van der Waals surface area contributed by atoms with Crippen molar-refractivity contribution in [3.63, 3.8) is 0 Å². The lowest BCUT2D eigenvalue weighted by atomic mass is 10.2. The van der Waals surface area contributed by atoms with Crippen molar-refractivity contribution in [2.75, 3.05) is 11.5 Å². The predicted molar refractivity (Wildman–Crippen MR) is 57.4 cm³/mol. The number of halogens is 1. The van der Waals surface area contributed by atoms with Gasteiger partial charge in [0.05, 0.1) is 11.7 Å². The Morgan fingerprint density at radius 3 is 2.79 bits per heavy atom. The van der Waals surface area contributed by atoms with Crippen LogP contribution in [0.1, 0.15) is 6.92 Å². The van der Waals surface area contributed by atoms with E-state index in [0.717, 1.165) is 10.2 Å². The zero-order chi connectivity index (χ0) is 10.1. The maximum Gasteiger partial charge on any atom is 0.414 e. The van der Waals surface area contributed by atoms with Gasteiger partial charge in [0.2, 0.25) is 0 Å². The van der Waals surface area contributed by atoms with Crippen LogP contribution in [0.2, 0.25) is 0 Å². The molecule has 14 heavy (non-hydrogen) atoms. The molecule has 2 rings (SSSR count). The quantitative estimate of drug-likeness (QED) is 0.773. The first-order valence-corrected chi connectivity index (χ1v) is 5.20. The second kappa shape index (κ2) is 3.61. The summed E-state index contributed by atoms with van der Waals surface area (Å²) in [6.07, 6.45) is -0.274. The number of hydrogen-bond donors (Lipinski definition) is 0. The molecule has 3 nitrogen and oxygen atoms in total. The van der Waals surface area contributed by atoms with Gasteiger partial charge >= 0.3 is 6.09 Å². The van der Waals surface area contributed by atoms with Crippen molar-refractivity contribution in [3.05, 3.63) is 28.7 Å². The molecule has 1 saturated heterocycles. The van der Waals surface area contributed by atoms with Crippen LogP contribution in [0, 0.1) is 0 Å². The molecule has 1 aromatic carbocycles. The second-order valence-electron chi connectivity index (χ2n) is 3.25. The molecule has 1 atom stereocenters. The Bertz CT molecular complexity index is 367. The van der Waals surface area contributed by atoms with Crippen molar-refractivity contribution in [2.45, 2.75) is 13.0 Å². The van der Waals surface area contributed by atoms with E-state index in [1.54, 1.807) is 4.90 Å². The van der Waals surface area contributed by atoms with E-state index >= 15 is 0 Å². The number of cyclic esters (lactones) is 1. The number of para-hydroxylation sites is 1. The molecule has 0 spiro atoms. The molecule has 0 saturated carbocycles. The highest BCUT2D eigenvalue weighted by Gasteiger charge is 2.31. The topological polar surface area (TPSA) is 29.5 Å². The Morgan fingerprint density at radius 2 is 2.21 bits per heavy atom. The summed E-state index contributed by atoms with van der Waals surface area (Å²) in [6, 6.07) is 7.72. The standard InChI is InChI=1S/C10H10BrNO2/c1-7-6-14-10(13)12(7)9-5-3-2-4-8(9)11/h2-5,7H,6H2,1H3. The van der Waals surface area contributed by atoms with Gasteiger partial charge in [0, 0.05) is 4.47 Å². The van der Waals surface area contributed by atoms with Crippen LogP contribution in [0.5, 0.6) is 0 Å². The van der Waals surface area contributed by atoms with Gasteiger partial charge in [-0.1, -0.05) is 12.1 Å². The van der Waals surface area contributed by atoms with Crippen LogP contribution in [0.4, 0.5) is 10.5 Å². The Labute approximate surface area is 90.8 Å². The highest BCUT2D eigenvalue weighted by molar-refractivity contribution is 9.10. The highest BCUT2D eigenvalue weighted by atomic mass is 79.9. The molecule has 1 heterocycles. The van der Waals surface area contributed by atoms with Crippen LogP contribution in [-0.4, -0.2) is 18.7 Å². The zero-order valence-electron chi connectivity index (χ0n) is 7.74.